The Labute approximate surface area is 153 Å². The number of rotatable bonds is 12. The molecule has 0 spiro atoms. The quantitative estimate of drug-likeness (QED) is 0.220. The highest BCUT2D eigenvalue weighted by Gasteiger charge is 2.37. The molecular formula is C16H29N2O7P. The summed E-state index contributed by atoms with van der Waals surface area (Å²) in [6, 6.07) is -0.881. The first-order chi connectivity index (χ1) is 12.3. The number of aliphatic carboxylic acids is 1. The van der Waals surface area contributed by atoms with Gasteiger partial charge in [-0.05, 0) is 32.2 Å². The van der Waals surface area contributed by atoms with Gasteiger partial charge in [-0.25, -0.2) is 4.79 Å². The lowest BCUT2D eigenvalue weighted by Gasteiger charge is -2.24. The molecule has 0 saturated carbocycles. The number of carboxylic acids is 1. The molecule has 150 valence electrons. The molecule has 1 heterocycles. The van der Waals surface area contributed by atoms with Gasteiger partial charge in [0, 0.05) is 19.6 Å². The number of ether oxygens (including phenoxy) is 1. The Kier molecular flexibility index (Phi) is 9.83. The van der Waals surface area contributed by atoms with E-state index in [0.29, 0.717) is 32.4 Å². The highest BCUT2D eigenvalue weighted by atomic mass is 31.2. The molecule has 1 aliphatic heterocycles. The molecule has 0 aromatic carbocycles. The number of likely N-dealkylation sites (tertiary alicyclic amines) is 1. The molecule has 0 aromatic heterocycles. The second kappa shape index (κ2) is 11.3. The van der Waals surface area contributed by atoms with E-state index in [2.05, 4.69) is 4.74 Å². The number of hydrogen-bond donors (Lipinski definition) is 2. The van der Waals surface area contributed by atoms with Gasteiger partial charge in [-0.1, -0.05) is 12.8 Å². The molecule has 0 aliphatic carbocycles. The van der Waals surface area contributed by atoms with Gasteiger partial charge in [0.2, 0.25) is 13.3 Å². The smallest absolute Gasteiger partial charge is 0.326 e. The van der Waals surface area contributed by atoms with Crippen LogP contribution >= 0.6 is 7.37 Å². The Morgan fingerprint density at radius 3 is 2.54 bits per heavy atom. The maximum Gasteiger partial charge on any atom is 0.326 e. The number of carbonyl (C=O) groups excluding carboxylic acids is 2. The topological polar surface area (TPSA) is 136 Å². The minimum Gasteiger partial charge on any atom is -0.480 e. The number of carbonyl (C=O) groups is 3. The Balaban J connectivity index is 2.66. The molecule has 3 N–H and O–H groups in total. The third-order valence-electron chi connectivity index (χ3n) is 4.24. The van der Waals surface area contributed by atoms with Gasteiger partial charge in [0.1, 0.15) is 12.2 Å². The fourth-order valence-corrected chi connectivity index (χ4v) is 4.79. The van der Waals surface area contributed by atoms with Gasteiger partial charge in [0.05, 0.1) is 0 Å². The second-order valence-corrected chi connectivity index (χ2v) is 9.02. The zero-order valence-electron chi connectivity index (χ0n) is 15.2. The van der Waals surface area contributed by atoms with Crippen LogP contribution in [0.25, 0.3) is 0 Å². The molecule has 1 unspecified atom stereocenters. The Morgan fingerprint density at radius 1 is 1.23 bits per heavy atom. The minimum absolute atomic E-state index is 0.177. The first-order valence-electron chi connectivity index (χ1n) is 8.87. The second-order valence-electron chi connectivity index (χ2n) is 6.37. The number of nitrogens with zero attached hydrogens (tertiary/aromatic N) is 1. The van der Waals surface area contributed by atoms with E-state index in [1.54, 1.807) is 0 Å². The van der Waals surface area contributed by atoms with Crippen LogP contribution in [-0.2, 0) is 28.2 Å². The third kappa shape index (κ3) is 7.85. The van der Waals surface area contributed by atoms with Crippen LogP contribution in [0.4, 0.5) is 0 Å². The van der Waals surface area contributed by atoms with Crippen LogP contribution < -0.4 is 5.73 Å². The number of carboxylic acid groups (broad SMARTS) is 1. The van der Waals surface area contributed by atoms with E-state index < -0.39 is 38.0 Å². The van der Waals surface area contributed by atoms with Gasteiger partial charge >= 0.3 is 11.9 Å². The molecule has 1 aliphatic rings. The monoisotopic (exact) mass is 392 g/mol. The molecule has 1 fully saturated rings. The van der Waals surface area contributed by atoms with Crippen molar-refractivity contribution in [2.24, 2.45) is 5.73 Å². The van der Waals surface area contributed by atoms with Crippen LogP contribution in [-0.4, -0.2) is 66.1 Å². The standard InChI is InChI=1S/C16H29N2O7P/c1-13(19)24-12-25-26(23,10-5-3-2-4-8-17)11-15(20)18-9-6-7-14(18)16(21)22/h14H,2-12,17H2,1H3,(H,21,22)/t14-,26?/m0/s1. The summed E-state index contributed by atoms with van der Waals surface area (Å²) >= 11 is 0. The maximum atomic E-state index is 13.0. The Hall–Kier alpha value is -1.44. The lowest BCUT2D eigenvalue weighted by atomic mass is 10.2. The molecule has 0 bridgehead atoms. The average molecular weight is 392 g/mol. The van der Waals surface area contributed by atoms with Crippen molar-refractivity contribution in [2.45, 2.75) is 51.5 Å². The fraction of sp³-hybridized carbons (Fsp3) is 0.812. The molecule has 2 atom stereocenters. The van der Waals surface area contributed by atoms with Gasteiger partial charge in [0.25, 0.3) is 0 Å². The van der Waals surface area contributed by atoms with Crippen molar-refractivity contribution in [1.29, 1.82) is 0 Å². The molecule has 10 heteroatoms. The van der Waals surface area contributed by atoms with Gasteiger partial charge in [0.15, 0.2) is 6.79 Å². The van der Waals surface area contributed by atoms with Crippen molar-refractivity contribution in [3.8, 4) is 0 Å². The summed E-state index contributed by atoms with van der Waals surface area (Å²) in [5.74, 6) is -2.13. The molecular weight excluding hydrogens is 363 g/mol. The maximum absolute atomic E-state index is 13.0. The number of hydrogen-bond acceptors (Lipinski definition) is 7. The summed E-state index contributed by atoms with van der Waals surface area (Å²) in [6.07, 6.45) is 3.93. The van der Waals surface area contributed by atoms with E-state index >= 15 is 0 Å². The highest BCUT2D eigenvalue weighted by Crippen LogP contribution is 2.48. The molecule has 1 rings (SSSR count). The number of esters is 1. The SMILES string of the molecule is CC(=O)OCOP(=O)(CCCCCCN)CC(=O)N1CCC[C@H]1C(=O)O. The Bertz CT molecular complexity index is 541. The predicted octanol–water partition coefficient (Wildman–Crippen LogP) is 1.40. The van der Waals surface area contributed by atoms with Crippen molar-refractivity contribution in [3.63, 3.8) is 0 Å². The van der Waals surface area contributed by atoms with Crippen LogP contribution in [0.2, 0.25) is 0 Å². The average Bonchev–Trinajstić information content (AvgIpc) is 3.04. The van der Waals surface area contributed by atoms with Crippen molar-refractivity contribution < 1.29 is 33.3 Å². The zero-order chi connectivity index (χ0) is 19.6. The zero-order valence-corrected chi connectivity index (χ0v) is 16.1. The molecule has 1 saturated heterocycles. The molecule has 26 heavy (non-hydrogen) atoms. The van der Waals surface area contributed by atoms with Crippen LogP contribution in [0.15, 0.2) is 0 Å². The van der Waals surface area contributed by atoms with Crippen molar-refractivity contribution in [3.05, 3.63) is 0 Å². The van der Waals surface area contributed by atoms with E-state index in [9.17, 15) is 24.1 Å². The first kappa shape index (κ1) is 22.6. The van der Waals surface area contributed by atoms with Crippen LogP contribution in [0, 0.1) is 0 Å². The largest absolute Gasteiger partial charge is 0.480 e. The van der Waals surface area contributed by atoms with Crippen LogP contribution in [0.1, 0.15) is 45.4 Å². The molecule has 9 nitrogen and oxygen atoms in total. The van der Waals surface area contributed by atoms with Gasteiger partial charge in [-0.2, -0.15) is 0 Å². The molecule has 1 amide bonds. The normalized spacial score (nSPS) is 19.2. The lowest BCUT2D eigenvalue weighted by Crippen LogP contribution is -2.42. The summed E-state index contributed by atoms with van der Waals surface area (Å²) in [7, 11) is -3.38. The van der Waals surface area contributed by atoms with Crippen LogP contribution in [0.3, 0.4) is 0 Å². The predicted molar refractivity (Wildman–Crippen MR) is 95.0 cm³/mol. The molecule has 0 aromatic rings. The highest BCUT2D eigenvalue weighted by molar-refractivity contribution is 7.59. The van der Waals surface area contributed by atoms with Gasteiger partial charge in [-0.15, -0.1) is 0 Å². The van der Waals surface area contributed by atoms with Crippen molar-refractivity contribution >= 4 is 25.2 Å². The Morgan fingerprint density at radius 2 is 1.92 bits per heavy atom. The lowest BCUT2D eigenvalue weighted by molar-refractivity contribution is -0.148. The minimum atomic E-state index is -3.38. The van der Waals surface area contributed by atoms with E-state index in [1.807, 2.05) is 0 Å². The van der Waals surface area contributed by atoms with E-state index in [0.717, 1.165) is 19.3 Å². The first-order valence-corrected chi connectivity index (χ1v) is 10.9. The summed E-state index contributed by atoms with van der Waals surface area (Å²) in [5.41, 5.74) is 5.44. The number of nitrogens with two attached hydrogens (primary N) is 1. The summed E-state index contributed by atoms with van der Waals surface area (Å²) < 4.78 is 23.0. The third-order valence-corrected chi connectivity index (χ3v) is 6.56. The number of amides is 1. The fourth-order valence-electron chi connectivity index (χ4n) is 2.86. The van der Waals surface area contributed by atoms with E-state index in [1.165, 1.54) is 11.8 Å². The summed E-state index contributed by atoms with van der Waals surface area (Å²) in [4.78, 5) is 35.8. The number of unbranched alkanes of at least 4 members (excludes halogenated alkanes) is 3. The van der Waals surface area contributed by atoms with E-state index in [-0.39, 0.29) is 12.3 Å². The summed E-state index contributed by atoms with van der Waals surface area (Å²) in [5, 5.41) is 9.20. The van der Waals surface area contributed by atoms with Gasteiger partial charge in [-0.3, -0.25) is 18.7 Å². The summed E-state index contributed by atoms with van der Waals surface area (Å²) in [6.45, 7) is 1.64. The van der Waals surface area contributed by atoms with Crippen molar-refractivity contribution in [1.82, 2.24) is 4.90 Å². The van der Waals surface area contributed by atoms with Gasteiger partial charge < -0.3 is 20.5 Å². The van der Waals surface area contributed by atoms with Crippen LogP contribution in [0.5, 0.6) is 0 Å². The van der Waals surface area contributed by atoms with E-state index in [4.69, 9.17) is 10.3 Å². The molecule has 0 radical (unpaired) electrons. The van der Waals surface area contributed by atoms with Crippen molar-refractivity contribution in [2.75, 3.05) is 32.2 Å².